The number of aromatic nitrogens is 3. The van der Waals surface area contributed by atoms with Gasteiger partial charge < -0.3 is 25.0 Å². The second-order valence-electron chi connectivity index (χ2n) is 8.90. The highest BCUT2D eigenvalue weighted by molar-refractivity contribution is 6.31. The monoisotopic (exact) mass is 507 g/mol. The summed E-state index contributed by atoms with van der Waals surface area (Å²) >= 11 is 6.34. The average molecular weight is 508 g/mol. The molecule has 0 spiro atoms. The van der Waals surface area contributed by atoms with E-state index < -0.39 is 0 Å². The van der Waals surface area contributed by atoms with Crippen molar-refractivity contribution in [2.75, 3.05) is 37.7 Å². The van der Waals surface area contributed by atoms with Gasteiger partial charge in [0, 0.05) is 47.1 Å². The first-order chi connectivity index (χ1) is 17.2. The van der Waals surface area contributed by atoms with E-state index in [1.165, 1.54) is 22.2 Å². The van der Waals surface area contributed by atoms with Gasteiger partial charge >= 0.3 is 0 Å². The molecule has 4 aromatic rings. The van der Waals surface area contributed by atoms with E-state index in [2.05, 4.69) is 75.0 Å². The van der Waals surface area contributed by atoms with Gasteiger partial charge in [0.25, 0.3) is 0 Å². The van der Waals surface area contributed by atoms with Gasteiger partial charge in [-0.3, -0.25) is 0 Å². The fourth-order valence-corrected chi connectivity index (χ4v) is 5.20. The number of ether oxygens (including phenoxy) is 1. The lowest BCUT2D eigenvalue weighted by atomic mass is 9.92. The largest absolute Gasteiger partial charge is 0.494 e. The number of nitrogens with zero attached hydrogens (tertiary/aromatic N) is 4. The first-order valence-corrected chi connectivity index (χ1v) is 12.8. The second-order valence-corrected chi connectivity index (χ2v) is 9.34. The molecule has 5 rings (SSSR count). The zero-order chi connectivity index (χ0) is 24.2. The van der Waals surface area contributed by atoms with Crippen LogP contribution in [0.3, 0.4) is 0 Å². The Bertz CT molecular complexity index is 1260. The van der Waals surface area contributed by atoms with E-state index in [0.29, 0.717) is 0 Å². The molecule has 8 heteroatoms. The number of aromatic amines is 1. The van der Waals surface area contributed by atoms with Crippen LogP contribution in [0.4, 0.5) is 5.95 Å². The van der Waals surface area contributed by atoms with Crippen molar-refractivity contribution in [1.82, 2.24) is 19.9 Å². The van der Waals surface area contributed by atoms with Gasteiger partial charge in [-0.05, 0) is 73.5 Å². The van der Waals surface area contributed by atoms with Crippen molar-refractivity contribution in [2.45, 2.75) is 32.7 Å². The van der Waals surface area contributed by atoms with Gasteiger partial charge in [-0.25, -0.2) is 9.97 Å². The standard InChI is InChI=1S/C28H32ClN5O.H2O/c1-3-33(4-2)16-6-18-35-22-10-7-20(8-11-22)27-26-23(24-19-21(29)9-12-25(24)32-26)13-17-34(27)28-30-14-5-15-31-28;/h5,7-12,14-15,19,27,32H,3-4,6,13,16-18H2,1-2H3;1H2. The summed E-state index contributed by atoms with van der Waals surface area (Å²) in [7, 11) is 0. The molecule has 0 aliphatic carbocycles. The van der Waals surface area contributed by atoms with Crippen molar-refractivity contribution in [3.8, 4) is 5.75 Å². The Kier molecular flexibility index (Phi) is 8.46. The summed E-state index contributed by atoms with van der Waals surface area (Å²) in [5.41, 5.74) is 4.77. The molecule has 190 valence electrons. The minimum absolute atomic E-state index is 0. The number of H-pyrrole nitrogens is 1. The molecule has 0 amide bonds. The quantitative estimate of drug-likeness (QED) is 0.320. The summed E-state index contributed by atoms with van der Waals surface area (Å²) in [5.74, 6) is 1.63. The Morgan fingerprint density at radius 3 is 2.56 bits per heavy atom. The molecule has 3 N–H and O–H groups in total. The highest BCUT2D eigenvalue weighted by Gasteiger charge is 2.33. The lowest BCUT2D eigenvalue weighted by molar-refractivity contribution is 0.249. The van der Waals surface area contributed by atoms with E-state index in [4.69, 9.17) is 16.3 Å². The third-order valence-corrected chi connectivity index (χ3v) is 7.11. The third-order valence-electron chi connectivity index (χ3n) is 6.88. The van der Waals surface area contributed by atoms with Crippen LogP contribution in [0.2, 0.25) is 5.02 Å². The minimum atomic E-state index is -0.0240. The first-order valence-electron chi connectivity index (χ1n) is 12.5. The number of halogens is 1. The van der Waals surface area contributed by atoms with Crippen molar-refractivity contribution < 1.29 is 10.2 Å². The molecule has 7 nitrogen and oxygen atoms in total. The summed E-state index contributed by atoms with van der Waals surface area (Å²) in [5, 5.41) is 1.95. The Morgan fingerprint density at radius 1 is 1.08 bits per heavy atom. The molecule has 0 saturated heterocycles. The van der Waals surface area contributed by atoms with Crippen LogP contribution in [-0.2, 0) is 6.42 Å². The summed E-state index contributed by atoms with van der Waals surface area (Å²) in [6, 6.07) is 16.4. The third kappa shape index (κ3) is 5.33. The Labute approximate surface area is 217 Å². The Balaban J connectivity index is 0.00000304. The number of anilines is 1. The fourth-order valence-electron chi connectivity index (χ4n) is 5.03. The van der Waals surface area contributed by atoms with Crippen molar-refractivity contribution in [1.29, 1.82) is 0 Å². The predicted molar refractivity (Wildman–Crippen MR) is 146 cm³/mol. The normalized spacial score (nSPS) is 15.1. The molecular weight excluding hydrogens is 474 g/mol. The molecule has 0 fully saturated rings. The maximum absolute atomic E-state index is 6.34. The lowest BCUT2D eigenvalue weighted by Gasteiger charge is -2.36. The maximum atomic E-state index is 6.34. The van der Waals surface area contributed by atoms with Gasteiger partial charge in [0.2, 0.25) is 5.95 Å². The summed E-state index contributed by atoms with van der Waals surface area (Å²) in [4.78, 5) is 17.5. The zero-order valence-electron chi connectivity index (χ0n) is 20.9. The number of rotatable bonds is 9. The van der Waals surface area contributed by atoms with Crippen LogP contribution in [-0.4, -0.2) is 58.1 Å². The van der Waals surface area contributed by atoms with Gasteiger partial charge in [-0.15, -0.1) is 0 Å². The molecule has 1 unspecified atom stereocenters. The highest BCUT2D eigenvalue weighted by atomic mass is 35.5. The van der Waals surface area contributed by atoms with Gasteiger partial charge in [-0.2, -0.15) is 0 Å². The van der Waals surface area contributed by atoms with E-state index >= 15 is 0 Å². The zero-order valence-corrected chi connectivity index (χ0v) is 21.6. The van der Waals surface area contributed by atoms with E-state index in [1.54, 1.807) is 12.4 Å². The van der Waals surface area contributed by atoms with Crippen LogP contribution in [0, 0.1) is 0 Å². The molecule has 2 aromatic heterocycles. The van der Waals surface area contributed by atoms with E-state index in [9.17, 15) is 0 Å². The molecule has 1 aliphatic rings. The van der Waals surface area contributed by atoms with Crippen molar-refractivity contribution in [3.63, 3.8) is 0 Å². The number of hydrogen-bond acceptors (Lipinski definition) is 5. The molecule has 0 saturated carbocycles. The van der Waals surface area contributed by atoms with Crippen LogP contribution >= 0.6 is 11.6 Å². The molecular formula is C28H34ClN5O2. The molecule has 1 aliphatic heterocycles. The Hall–Kier alpha value is -3.13. The molecule has 0 bridgehead atoms. The molecule has 1 atom stereocenters. The van der Waals surface area contributed by atoms with Gasteiger partial charge in [0.05, 0.1) is 12.6 Å². The van der Waals surface area contributed by atoms with Crippen LogP contribution < -0.4 is 9.64 Å². The SMILES string of the molecule is CCN(CC)CCCOc1ccc(C2c3[nH]c4ccc(Cl)cc4c3CCN2c2ncccn2)cc1.O. The van der Waals surface area contributed by atoms with Gasteiger partial charge in [0.1, 0.15) is 5.75 Å². The van der Waals surface area contributed by atoms with Crippen molar-refractivity contribution in [3.05, 3.63) is 82.8 Å². The van der Waals surface area contributed by atoms with Crippen molar-refractivity contribution >= 4 is 28.5 Å². The van der Waals surface area contributed by atoms with Crippen LogP contribution in [0.15, 0.2) is 60.9 Å². The molecule has 2 aromatic carbocycles. The Morgan fingerprint density at radius 2 is 1.83 bits per heavy atom. The highest BCUT2D eigenvalue weighted by Crippen LogP contribution is 2.40. The summed E-state index contributed by atoms with van der Waals surface area (Å²) in [6.45, 7) is 9.16. The van der Waals surface area contributed by atoms with E-state index in [0.717, 1.165) is 67.9 Å². The van der Waals surface area contributed by atoms with Crippen LogP contribution in [0.1, 0.15) is 43.1 Å². The van der Waals surface area contributed by atoms with Crippen molar-refractivity contribution in [2.24, 2.45) is 0 Å². The lowest BCUT2D eigenvalue weighted by Crippen LogP contribution is -2.37. The fraction of sp³-hybridized carbons (Fsp3) is 0.357. The maximum Gasteiger partial charge on any atom is 0.226 e. The smallest absolute Gasteiger partial charge is 0.226 e. The van der Waals surface area contributed by atoms with Gasteiger partial charge in [0.15, 0.2) is 0 Å². The summed E-state index contributed by atoms with van der Waals surface area (Å²) < 4.78 is 6.04. The topological polar surface area (TPSA) is 88.8 Å². The number of hydrogen-bond donors (Lipinski definition) is 1. The first kappa shape index (κ1) is 25.9. The van der Waals surface area contributed by atoms with E-state index in [-0.39, 0.29) is 11.5 Å². The molecule has 36 heavy (non-hydrogen) atoms. The minimum Gasteiger partial charge on any atom is -0.494 e. The second kappa shape index (κ2) is 11.7. The molecule has 3 heterocycles. The van der Waals surface area contributed by atoms with E-state index in [1.807, 2.05) is 12.1 Å². The predicted octanol–water partition coefficient (Wildman–Crippen LogP) is 5.05. The van der Waals surface area contributed by atoms with Crippen LogP contribution in [0.5, 0.6) is 5.75 Å². The number of nitrogens with one attached hydrogen (secondary N) is 1. The van der Waals surface area contributed by atoms with Crippen LogP contribution in [0.25, 0.3) is 10.9 Å². The summed E-state index contributed by atoms with van der Waals surface area (Å²) in [6.07, 6.45) is 5.52. The molecule has 0 radical (unpaired) electrons. The average Bonchev–Trinajstić information content (AvgIpc) is 3.27. The number of benzene rings is 2. The van der Waals surface area contributed by atoms with Gasteiger partial charge in [-0.1, -0.05) is 37.6 Å². The number of fused-ring (bicyclic) bond motifs is 3.